The zero-order valence-electron chi connectivity index (χ0n) is 11.1. The molecule has 100 valence electrons. The summed E-state index contributed by atoms with van der Waals surface area (Å²) in [4.78, 5) is 18.2. The maximum Gasteiger partial charge on any atom is 0.274 e. The van der Waals surface area contributed by atoms with Crippen molar-refractivity contribution in [2.24, 2.45) is 0 Å². The number of aliphatic hydroxyl groups is 1. The molecule has 1 aliphatic rings. The Hall–Kier alpha value is -1.88. The molecule has 0 radical (unpaired) electrons. The molecule has 0 unspecified atom stereocenters. The Kier molecular flexibility index (Phi) is 2.60. The molecule has 2 aromatic rings. The largest absolute Gasteiger partial charge is 0.386 e. The Labute approximate surface area is 111 Å². The predicted octanol–water partition coefficient (Wildman–Crippen LogP) is 1.24. The predicted molar refractivity (Wildman–Crippen MR) is 71.1 cm³/mol. The molecule has 0 aromatic carbocycles. The van der Waals surface area contributed by atoms with Crippen molar-refractivity contribution in [3.8, 4) is 0 Å². The van der Waals surface area contributed by atoms with E-state index in [0.717, 1.165) is 11.3 Å². The molecule has 0 atom stereocenters. The Bertz CT molecular complexity index is 641. The molecular weight excluding hydrogens is 242 g/mol. The third kappa shape index (κ3) is 1.90. The van der Waals surface area contributed by atoms with Crippen LogP contribution in [-0.4, -0.2) is 44.0 Å². The van der Waals surface area contributed by atoms with Crippen molar-refractivity contribution in [3.63, 3.8) is 0 Å². The van der Waals surface area contributed by atoms with Gasteiger partial charge in [-0.15, -0.1) is 0 Å². The molecule has 0 saturated carbocycles. The first-order valence-electron chi connectivity index (χ1n) is 6.49. The van der Waals surface area contributed by atoms with Crippen LogP contribution >= 0.6 is 0 Å². The van der Waals surface area contributed by atoms with Crippen molar-refractivity contribution in [1.82, 2.24) is 14.3 Å². The molecule has 5 heteroatoms. The summed E-state index contributed by atoms with van der Waals surface area (Å²) in [5, 5.41) is 9.95. The van der Waals surface area contributed by atoms with E-state index in [1.54, 1.807) is 11.1 Å². The van der Waals surface area contributed by atoms with Crippen LogP contribution in [0.15, 0.2) is 24.4 Å². The molecule has 3 heterocycles. The lowest BCUT2D eigenvalue weighted by Crippen LogP contribution is -2.63. The Morgan fingerprint density at radius 3 is 2.84 bits per heavy atom. The number of β-amino-alcohol motifs (C(OH)–C–C–N with tert-alkyl or cyclic N) is 1. The van der Waals surface area contributed by atoms with Gasteiger partial charge >= 0.3 is 0 Å². The summed E-state index contributed by atoms with van der Waals surface area (Å²) in [6.07, 6.45) is 2.43. The second-order valence-electron chi connectivity index (χ2n) is 5.26. The van der Waals surface area contributed by atoms with E-state index in [9.17, 15) is 9.90 Å². The van der Waals surface area contributed by atoms with Gasteiger partial charge in [0.2, 0.25) is 0 Å². The number of fused-ring (bicyclic) bond motifs is 1. The summed E-state index contributed by atoms with van der Waals surface area (Å²) < 4.78 is 1.90. The first kappa shape index (κ1) is 12.2. The van der Waals surface area contributed by atoms with E-state index in [1.165, 1.54) is 0 Å². The van der Waals surface area contributed by atoms with E-state index >= 15 is 0 Å². The highest BCUT2D eigenvalue weighted by Gasteiger charge is 2.42. The molecule has 1 amide bonds. The van der Waals surface area contributed by atoms with Gasteiger partial charge in [-0.1, -0.05) is 13.0 Å². The van der Waals surface area contributed by atoms with Gasteiger partial charge in [0, 0.05) is 11.9 Å². The van der Waals surface area contributed by atoms with E-state index < -0.39 is 5.60 Å². The zero-order chi connectivity index (χ0) is 13.6. The number of rotatable bonds is 2. The Balaban J connectivity index is 1.85. The SMILES string of the molecule is CCC1(O)CN(C(=O)c2cn3c(C)cccc3n2)C1. The summed E-state index contributed by atoms with van der Waals surface area (Å²) in [6, 6.07) is 5.77. The van der Waals surface area contributed by atoms with E-state index in [-0.39, 0.29) is 5.91 Å². The van der Waals surface area contributed by atoms with E-state index in [4.69, 9.17) is 0 Å². The molecular formula is C14H17N3O2. The smallest absolute Gasteiger partial charge is 0.274 e. The van der Waals surface area contributed by atoms with Crippen molar-refractivity contribution in [3.05, 3.63) is 35.8 Å². The van der Waals surface area contributed by atoms with Gasteiger partial charge in [0.15, 0.2) is 0 Å². The normalized spacial score (nSPS) is 17.5. The number of likely N-dealkylation sites (tertiary alicyclic amines) is 1. The van der Waals surface area contributed by atoms with Gasteiger partial charge < -0.3 is 14.4 Å². The molecule has 0 spiro atoms. The Morgan fingerprint density at radius 2 is 2.21 bits per heavy atom. The number of pyridine rings is 1. The monoisotopic (exact) mass is 259 g/mol. The minimum atomic E-state index is -0.704. The number of nitrogens with zero attached hydrogens (tertiary/aromatic N) is 3. The summed E-state index contributed by atoms with van der Waals surface area (Å²) in [5.41, 5.74) is 1.55. The molecule has 1 aliphatic heterocycles. The molecule has 1 fully saturated rings. The number of aryl methyl sites for hydroxylation is 1. The number of amides is 1. The number of imidazole rings is 1. The average molecular weight is 259 g/mol. The van der Waals surface area contributed by atoms with Crippen LogP contribution in [0.1, 0.15) is 29.5 Å². The lowest BCUT2D eigenvalue weighted by molar-refractivity contribution is -0.0828. The van der Waals surface area contributed by atoms with Gasteiger partial charge in [-0.25, -0.2) is 4.98 Å². The van der Waals surface area contributed by atoms with Gasteiger partial charge in [0.1, 0.15) is 11.3 Å². The van der Waals surface area contributed by atoms with Crippen molar-refractivity contribution < 1.29 is 9.90 Å². The quantitative estimate of drug-likeness (QED) is 0.882. The highest BCUT2D eigenvalue weighted by Crippen LogP contribution is 2.25. The molecule has 0 aliphatic carbocycles. The third-order valence-corrected chi connectivity index (χ3v) is 3.83. The van der Waals surface area contributed by atoms with Gasteiger partial charge in [-0.3, -0.25) is 4.79 Å². The molecule has 3 rings (SSSR count). The minimum Gasteiger partial charge on any atom is -0.386 e. The standard InChI is InChI=1S/C14H17N3O2/c1-3-14(19)8-16(9-14)13(18)11-7-17-10(2)5-4-6-12(17)15-11/h4-7,19H,3,8-9H2,1-2H3. The summed E-state index contributed by atoms with van der Waals surface area (Å²) >= 11 is 0. The lowest BCUT2D eigenvalue weighted by atomic mass is 9.91. The molecule has 1 N–H and O–H groups in total. The maximum atomic E-state index is 12.3. The van der Waals surface area contributed by atoms with Crippen LogP contribution in [0.3, 0.4) is 0 Å². The highest BCUT2D eigenvalue weighted by molar-refractivity contribution is 5.93. The second kappa shape index (κ2) is 4.06. The van der Waals surface area contributed by atoms with Gasteiger partial charge in [0.25, 0.3) is 5.91 Å². The topological polar surface area (TPSA) is 57.8 Å². The first-order valence-corrected chi connectivity index (χ1v) is 6.49. The van der Waals surface area contributed by atoms with Crippen LogP contribution in [0.4, 0.5) is 0 Å². The van der Waals surface area contributed by atoms with E-state index in [2.05, 4.69) is 4.98 Å². The van der Waals surface area contributed by atoms with Crippen LogP contribution in [0.2, 0.25) is 0 Å². The van der Waals surface area contributed by atoms with Crippen molar-refractivity contribution in [2.45, 2.75) is 25.9 Å². The number of carbonyl (C=O) groups excluding carboxylic acids is 1. The molecule has 19 heavy (non-hydrogen) atoms. The number of hydrogen-bond acceptors (Lipinski definition) is 3. The van der Waals surface area contributed by atoms with Gasteiger partial charge in [0.05, 0.1) is 18.7 Å². The van der Waals surface area contributed by atoms with Crippen LogP contribution in [0.25, 0.3) is 5.65 Å². The van der Waals surface area contributed by atoms with Crippen LogP contribution in [0, 0.1) is 6.92 Å². The average Bonchev–Trinajstić information content (AvgIpc) is 2.79. The van der Waals surface area contributed by atoms with Crippen LogP contribution < -0.4 is 0 Å². The molecule has 1 saturated heterocycles. The fourth-order valence-corrected chi connectivity index (χ4v) is 2.44. The second-order valence-corrected chi connectivity index (χ2v) is 5.26. The highest BCUT2D eigenvalue weighted by atomic mass is 16.3. The number of carbonyl (C=O) groups is 1. The van der Waals surface area contributed by atoms with E-state index in [0.29, 0.717) is 25.2 Å². The lowest BCUT2D eigenvalue weighted by Gasteiger charge is -2.45. The van der Waals surface area contributed by atoms with Crippen molar-refractivity contribution in [2.75, 3.05) is 13.1 Å². The van der Waals surface area contributed by atoms with Crippen molar-refractivity contribution in [1.29, 1.82) is 0 Å². The third-order valence-electron chi connectivity index (χ3n) is 3.83. The molecule has 2 aromatic heterocycles. The van der Waals surface area contributed by atoms with Crippen molar-refractivity contribution >= 4 is 11.6 Å². The fourth-order valence-electron chi connectivity index (χ4n) is 2.44. The number of aromatic nitrogens is 2. The molecule has 5 nitrogen and oxygen atoms in total. The summed E-state index contributed by atoms with van der Waals surface area (Å²) in [5.74, 6) is -0.110. The van der Waals surface area contributed by atoms with Gasteiger partial charge in [-0.2, -0.15) is 0 Å². The van der Waals surface area contributed by atoms with Gasteiger partial charge in [-0.05, 0) is 25.5 Å². The van der Waals surface area contributed by atoms with Crippen LogP contribution in [-0.2, 0) is 0 Å². The minimum absolute atomic E-state index is 0.110. The Morgan fingerprint density at radius 1 is 1.47 bits per heavy atom. The maximum absolute atomic E-state index is 12.3. The fraction of sp³-hybridized carbons (Fsp3) is 0.429. The number of hydrogen-bond donors (Lipinski definition) is 1. The summed E-state index contributed by atoms with van der Waals surface area (Å²) in [7, 11) is 0. The zero-order valence-corrected chi connectivity index (χ0v) is 11.1. The first-order chi connectivity index (χ1) is 9.02. The molecule has 0 bridgehead atoms. The van der Waals surface area contributed by atoms with Crippen LogP contribution in [0.5, 0.6) is 0 Å². The van der Waals surface area contributed by atoms with E-state index in [1.807, 2.05) is 36.4 Å². The summed E-state index contributed by atoms with van der Waals surface area (Å²) in [6.45, 7) is 4.70.